The maximum Gasteiger partial charge on any atom is 0.323 e. The molecule has 0 unspecified atom stereocenters. The van der Waals surface area contributed by atoms with Gasteiger partial charge in [0.2, 0.25) is 0 Å². The number of aromatic nitrogens is 2. The van der Waals surface area contributed by atoms with Crippen LogP contribution in [0.15, 0.2) is 24.3 Å². The predicted molar refractivity (Wildman–Crippen MR) is 81.4 cm³/mol. The van der Waals surface area contributed by atoms with E-state index in [0.717, 1.165) is 5.56 Å². The highest BCUT2D eigenvalue weighted by Gasteiger charge is 2.15. The molecule has 1 aromatic carbocycles. The third-order valence-corrected chi connectivity index (χ3v) is 3.19. The van der Waals surface area contributed by atoms with Gasteiger partial charge in [-0.05, 0) is 42.5 Å². The molecule has 0 atom stereocenters. The van der Waals surface area contributed by atoms with Gasteiger partial charge in [0.05, 0.1) is 0 Å². The molecule has 21 heavy (non-hydrogen) atoms. The zero-order chi connectivity index (χ0) is 15.6. The summed E-state index contributed by atoms with van der Waals surface area (Å²) in [6, 6.07) is 9.92. The van der Waals surface area contributed by atoms with E-state index < -0.39 is 0 Å². The summed E-state index contributed by atoms with van der Waals surface area (Å²) < 4.78 is 5.73. The molecule has 1 aromatic heterocycles. The number of benzene rings is 1. The lowest BCUT2D eigenvalue weighted by atomic mass is 9.86. The van der Waals surface area contributed by atoms with Gasteiger partial charge in [-0.2, -0.15) is 10.2 Å². The largest absolute Gasteiger partial charge is 0.424 e. The number of nitriles is 1. The van der Waals surface area contributed by atoms with Gasteiger partial charge in [-0.1, -0.05) is 32.9 Å². The molecule has 4 nitrogen and oxygen atoms in total. The lowest BCUT2D eigenvalue weighted by Gasteiger charge is -2.20. The van der Waals surface area contributed by atoms with Crippen LogP contribution in [0, 0.1) is 25.2 Å². The molecule has 0 saturated carbocycles. The van der Waals surface area contributed by atoms with Gasteiger partial charge in [0.15, 0.2) is 0 Å². The van der Waals surface area contributed by atoms with E-state index in [1.54, 1.807) is 6.07 Å². The first-order valence-corrected chi connectivity index (χ1v) is 6.84. The molecule has 0 saturated heterocycles. The van der Waals surface area contributed by atoms with Crippen LogP contribution in [-0.2, 0) is 5.41 Å². The normalized spacial score (nSPS) is 11.0. The highest BCUT2D eigenvalue weighted by molar-refractivity contribution is 5.40. The molecule has 0 amide bonds. The first kappa shape index (κ1) is 15.0. The number of nitrogens with zero attached hydrogens (tertiary/aromatic N) is 3. The summed E-state index contributed by atoms with van der Waals surface area (Å²) in [5.74, 6) is 0.706. The Balaban J connectivity index is 2.33. The van der Waals surface area contributed by atoms with Crippen LogP contribution in [0.1, 0.15) is 43.3 Å². The standard InChI is InChI=1S/C17H19N3O/c1-11-8-13(17(3,4)5)6-7-15(11)21-16-19-12(2)9-14(10-18)20-16/h6-9H,1-5H3. The maximum atomic E-state index is 8.94. The number of hydrogen-bond donors (Lipinski definition) is 0. The Bertz CT molecular complexity index is 709. The van der Waals surface area contributed by atoms with Crippen molar-refractivity contribution in [3.63, 3.8) is 0 Å². The van der Waals surface area contributed by atoms with E-state index in [2.05, 4.69) is 36.8 Å². The predicted octanol–water partition coefficient (Wildman–Crippen LogP) is 4.05. The molecule has 0 spiro atoms. The lowest BCUT2D eigenvalue weighted by molar-refractivity contribution is 0.436. The number of rotatable bonds is 2. The van der Waals surface area contributed by atoms with Crippen molar-refractivity contribution in [3.8, 4) is 17.8 Å². The fourth-order valence-electron chi connectivity index (χ4n) is 1.97. The summed E-state index contributed by atoms with van der Waals surface area (Å²) in [4.78, 5) is 8.27. The molecule has 0 bridgehead atoms. The van der Waals surface area contributed by atoms with Crippen molar-refractivity contribution in [2.45, 2.75) is 40.0 Å². The minimum atomic E-state index is 0.0943. The number of hydrogen-bond acceptors (Lipinski definition) is 4. The number of ether oxygens (including phenoxy) is 1. The Hall–Kier alpha value is -2.41. The average Bonchev–Trinajstić information content (AvgIpc) is 2.39. The minimum Gasteiger partial charge on any atom is -0.424 e. The van der Waals surface area contributed by atoms with Gasteiger partial charge in [-0.3, -0.25) is 0 Å². The molecule has 108 valence electrons. The van der Waals surface area contributed by atoms with E-state index >= 15 is 0 Å². The van der Waals surface area contributed by atoms with Gasteiger partial charge in [-0.25, -0.2) is 4.98 Å². The summed E-state index contributed by atoms with van der Waals surface area (Å²) in [6.07, 6.45) is 0. The fourth-order valence-corrected chi connectivity index (χ4v) is 1.97. The van der Waals surface area contributed by atoms with Crippen molar-refractivity contribution in [1.29, 1.82) is 5.26 Å². The SMILES string of the molecule is Cc1cc(C#N)nc(Oc2ccc(C(C)(C)C)cc2C)n1. The van der Waals surface area contributed by atoms with E-state index in [1.807, 2.05) is 32.0 Å². The topological polar surface area (TPSA) is 58.8 Å². The van der Waals surface area contributed by atoms with Crippen molar-refractivity contribution >= 4 is 0 Å². The quantitative estimate of drug-likeness (QED) is 0.833. The van der Waals surface area contributed by atoms with E-state index in [1.165, 1.54) is 5.56 Å². The molecule has 1 heterocycles. The molecule has 4 heteroatoms. The van der Waals surface area contributed by atoms with Crippen LogP contribution in [0.2, 0.25) is 0 Å². The monoisotopic (exact) mass is 281 g/mol. The minimum absolute atomic E-state index is 0.0943. The third kappa shape index (κ3) is 3.57. The van der Waals surface area contributed by atoms with Gasteiger partial charge in [0, 0.05) is 5.69 Å². The van der Waals surface area contributed by atoms with Gasteiger partial charge < -0.3 is 4.74 Å². The van der Waals surface area contributed by atoms with Gasteiger partial charge in [0.25, 0.3) is 0 Å². The van der Waals surface area contributed by atoms with Crippen molar-refractivity contribution in [2.24, 2.45) is 0 Å². The van der Waals surface area contributed by atoms with Crippen LogP contribution in [0.25, 0.3) is 0 Å². The lowest BCUT2D eigenvalue weighted by Crippen LogP contribution is -2.11. The first-order chi connectivity index (χ1) is 9.79. The zero-order valence-electron chi connectivity index (χ0n) is 13.1. The van der Waals surface area contributed by atoms with Crippen LogP contribution < -0.4 is 4.74 Å². The Morgan fingerprint density at radius 1 is 1.10 bits per heavy atom. The van der Waals surface area contributed by atoms with E-state index in [4.69, 9.17) is 10.00 Å². The van der Waals surface area contributed by atoms with Gasteiger partial charge >= 0.3 is 6.01 Å². The smallest absolute Gasteiger partial charge is 0.323 e. The molecule has 0 aliphatic heterocycles. The first-order valence-electron chi connectivity index (χ1n) is 6.84. The summed E-state index contributed by atoms with van der Waals surface area (Å²) in [6.45, 7) is 10.3. The molecule has 0 radical (unpaired) electrons. The van der Waals surface area contributed by atoms with Gasteiger partial charge in [0.1, 0.15) is 17.5 Å². The Kier molecular flexibility index (Phi) is 3.95. The molecular formula is C17H19N3O. The second kappa shape index (κ2) is 5.53. The van der Waals surface area contributed by atoms with E-state index in [9.17, 15) is 0 Å². The van der Waals surface area contributed by atoms with Crippen LogP contribution >= 0.6 is 0 Å². The maximum absolute atomic E-state index is 8.94. The van der Waals surface area contributed by atoms with Gasteiger partial charge in [-0.15, -0.1) is 0 Å². The third-order valence-electron chi connectivity index (χ3n) is 3.19. The summed E-state index contributed by atoms with van der Waals surface area (Å²) >= 11 is 0. The second-order valence-corrected chi connectivity index (χ2v) is 6.12. The molecule has 0 N–H and O–H groups in total. The van der Waals surface area contributed by atoms with Crippen molar-refractivity contribution in [1.82, 2.24) is 9.97 Å². The fraction of sp³-hybridized carbons (Fsp3) is 0.353. The van der Waals surface area contributed by atoms with Crippen LogP contribution in [0.4, 0.5) is 0 Å². The summed E-state index contributed by atoms with van der Waals surface area (Å²) in [7, 11) is 0. The van der Waals surface area contributed by atoms with Crippen molar-refractivity contribution in [2.75, 3.05) is 0 Å². The van der Waals surface area contributed by atoms with Crippen LogP contribution in [-0.4, -0.2) is 9.97 Å². The number of aryl methyl sites for hydroxylation is 2. The summed E-state index contributed by atoms with van der Waals surface area (Å²) in [5.41, 5.74) is 3.38. The van der Waals surface area contributed by atoms with E-state index in [-0.39, 0.29) is 11.4 Å². The molecule has 2 rings (SSSR count). The molecule has 0 aliphatic rings. The summed E-state index contributed by atoms with van der Waals surface area (Å²) in [5, 5.41) is 8.94. The molecule has 2 aromatic rings. The van der Waals surface area contributed by atoms with Crippen LogP contribution in [0.5, 0.6) is 11.8 Å². The Morgan fingerprint density at radius 3 is 2.38 bits per heavy atom. The zero-order valence-corrected chi connectivity index (χ0v) is 13.1. The molecular weight excluding hydrogens is 262 g/mol. The molecule has 0 fully saturated rings. The van der Waals surface area contributed by atoms with Crippen molar-refractivity contribution < 1.29 is 4.74 Å². The van der Waals surface area contributed by atoms with Crippen LogP contribution in [0.3, 0.4) is 0 Å². The second-order valence-electron chi connectivity index (χ2n) is 6.12. The Labute approximate surface area is 125 Å². The molecule has 0 aliphatic carbocycles. The highest BCUT2D eigenvalue weighted by atomic mass is 16.5. The van der Waals surface area contributed by atoms with E-state index in [0.29, 0.717) is 17.1 Å². The highest BCUT2D eigenvalue weighted by Crippen LogP contribution is 2.29. The Morgan fingerprint density at radius 2 is 1.81 bits per heavy atom. The average molecular weight is 281 g/mol. The van der Waals surface area contributed by atoms with Crippen molar-refractivity contribution in [3.05, 3.63) is 46.8 Å².